The quantitative estimate of drug-likeness (QED) is 0.171. The Morgan fingerprint density at radius 1 is 0.949 bits per heavy atom. The second kappa shape index (κ2) is 14.1. The molecule has 3 aromatic rings. The molecule has 0 saturated carbocycles. The standard InChI is InChI=1S/C36H42FNO/c1-4-6-7-9-27-11-15-29(16-12-27)30-19-21-31(22-20-30)33-23-24-34(35(37)26-33)32-17-13-28(14-18-32)10-8-25-38(3)36(39)5-2/h5,13-15,17-24,26-27H,2,4,6-12,16,25H2,1,3H3. The van der Waals surface area contributed by atoms with Crippen LogP contribution in [-0.2, 0) is 11.2 Å². The summed E-state index contributed by atoms with van der Waals surface area (Å²) in [4.78, 5) is 13.3. The summed E-state index contributed by atoms with van der Waals surface area (Å²) >= 11 is 0. The average Bonchev–Trinajstić information content (AvgIpc) is 2.97. The highest BCUT2D eigenvalue weighted by atomic mass is 19.1. The molecule has 204 valence electrons. The van der Waals surface area contributed by atoms with Crippen LogP contribution in [0.3, 0.4) is 0 Å². The second-order valence-electron chi connectivity index (χ2n) is 10.9. The van der Waals surface area contributed by atoms with E-state index < -0.39 is 0 Å². The zero-order valence-corrected chi connectivity index (χ0v) is 23.6. The van der Waals surface area contributed by atoms with Crippen molar-refractivity contribution < 1.29 is 9.18 Å². The lowest BCUT2D eigenvalue weighted by molar-refractivity contribution is -0.124. The van der Waals surface area contributed by atoms with Gasteiger partial charge in [-0.25, -0.2) is 4.39 Å². The number of hydrogen-bond acceptors (Lipinski definition) is 1. The topological polar surface area (TPSA) is 20.3 Å². The Labute approximate surface area is 234 Å². The van der Waals surface area contributed by atoms with Gasteiger partial charge >= 0.3 is 0 Å². The van der Waals surface area contributed by atoms with E-state index in [1.165, 1.54) is 61.3 Å². The summed E-state index contributed by atoms with van der Waals surface area (Å²) in [6.45, 7) is 6.47. The largest absolute Gasteiger partial charge is 0.342 e. The monoisotopic (exact) mass is 523 g/mol. The molecule has 0 bridgehead atoms. The lowest BCUT2D eigenvalue weighted by Crippen LogP contribution is -2.25. The molecule has 1 aliphatic rings. The van der Waals surface area contributed by atoms with Gasteiger partial charge in [0.25, 0.3) is 0 Å². The maximum Gasteiger partial charge on any atom is 0.245 e. The predicted octanol–water partition coefficient (Wildman–Crippen LogP) is 9.50. The number of aryl methyl sites for hydroxylation is 1. The summed E-state index contributed by atoms with van der Waals surface area (Å²) in [6, 6.07) is 22.2. The van der Waals surface area contributed by atoms with E-state index in [0.29, 0.717) is 12.1 Å². The molecule has 2 nitrogen and oxygen atoms in total. The van der Waals surface area contributed by atoms with E-state index in [0.717, 1.165) is 41.9 Å². The van der Waals surface area contributed by atoms with E-state index in [2.05, 4.69) is 43.8 Å². The SMILES string of the molecule is C=CC(=O)N(C)CCCc1ccc(-c2ccc(-c3ccc(C4=CCC(CCCCC)CC4)cc3)cc2F)cc1. The van der Waals surface area contributed by atoms with Gasteiger partial charge in [-0.15, -0.1) is 0 Å². The summed E-state index contributed by atoms with van der Waals surface area (Å²) in [5.74, 6) is 0.574. The lowest BCUT2D eigenvalue weighted by atomic mass is 9.83. The van der Waals surface area contributed by atoms with Gasteiger partial charge in [-0.3, -0.25) is 4.79 Å². The molecule has 0 aliphatic heterocycles. The number of likely N-dealkylation sites (N-methyl/N-ethyl adjacent to an activating group) is 1. The van der Waals surface area contributed by atoms with Crippen LogP contribution in [0, 0.1) is 11.7 Å². The fourth-order valence-electron chi connectivity index (χ4n) is 5.54. The van der Waals surface area contributed by atoms with Crippen LogP contribution < -0.4 is 0 Å². The van der Waals surface area contributed by atoms with Crippen molar-refractivity contribution in [1.82, 2.24) is 4.90 Å². The molecule has 1 unspecified atom stereocenters. The minimum atomic E-state index is -0.210. The normalized spacial score (nSPS) is 15.1. The Morgan fingerprint density at radius 3 is 2.28 bits per heavy atom. The number of nitrogens with zero attached hydrogens (tertiary/aromatic N) is 1. The summed E-state index contributed by atoms with van der Waals surface area (Å²) in [6.07, 6.45) is 14.5. The van der Waals surface area contributed by atoms with E-state index in [1.54, 1.807) is 18.0 Å². The van der Waals surface area contributed by atoms with E-state index in [9.17, 15) is 4.79 Å². The van der Waals surface area contributed by atoms with Crippen LogP contribution in [0.25, 0.3) is 27.8 Å². The van der Waals surface area contributed by atoms with Gasteiger partial charge in [0.15, 0.2) is 0 Å². The molecule has 0 fully saturated rings. The molecule has 4 rings (SSSR count). The third-order valence-corrected chi connectivity index (χ3v) is 8.07. The Bertz CT molecular complexity index is 1270. The Hall–Kier alpha value is -3.46. The lowest BCUT2D eigenvalue weighted by Gasteiger charge is -2.22. The van der Waals surface area contributed by atoms with Gasteiger partial charge < -0.3 is 4.90 Å². The van der Waals surface area contributed by atoms with Crippen LogP contribution in [0.4, 0.5) is 4.39 Å². The van der Waals surface area contributed by atoms with E-state index in [-0.39, 0.29) is 11.7 Å². The Balaban J connectivity index is 1.35. The van der Waals surface area contributed by atoms with Gasteiger partial charge in [-0.1, -0.05) is 106 Å². The fourth-order valence-corrected chi connectivity index (χ4v) is 5.54. The number of halogens is 1. The third kappa shape index (κ3) is 7.79. The van der Waals surface area contributed by atoms with Crippen LogP contribution in [0.15, 0.2) is 85.5 Å². The number of rotatable bonds is 12. The van der Waals surface area contributed by atoms with Crippen molar-refractivity contribution in [3.63, 3.8) is 0 Å². The van der Waals surface area contributed by atoms with Gasteiger partial charge in [0.1, 0.15) is 5.82 Å². The Kier molecular flexibility index (Phi) is 10.3. The van der Waals surface area contributed by atoms with Crippen molar-refractivity contribution in [2.45, 2.75) is 64.7 Å². The second-order valence-corrected chi connectivity index (χ2v) is 10.9. The number of benzene rings is 3. The van der Waals surface area contributed by atoms with Gasteiger partial charge in [-0.2, -0.15) is 0 Å². The summed E-state index contributed by atoms with van der Waals surface area (Å²) in [5, 5.41) is 0. The molecule has 0 N–H and O–H groups in total. The minimum absolute atomic E-state index is 0.0620. The Morgan fingerprint density at radius 2 is 1.64 bits per heavy atom. The minimum Gasteiger partial charge on any atom is -0.342 e. The maximum atomic E-state index is 15.2. The average molecular weight is 524 g/mol. The van der Waals surface area contributed by atoms with Crippen LogP contribution in [0.2, 0.25) is 0 Å². The number of hydrogen-bond donors (Lipinski definition) is 0. The number of carbonyl (C=O) groups excluding carboxylic acids is 1. The van der Waals surface area contributed by atoms with Gasteiger partial charge in [0.05, 0.1) is 0 Å². The predicted molar refractivity (Wildman–Crippen MR) is 163 cm³/mol. The van der Waals surface area contributed by atoms with Crippen molar-refractivity contribution >= 4 is 11.5 Å². The van der Waals surface area contributed by atoms with Crippen molar-refractivity contribution in [1.29, 1.82) is 0 Å². The molecule has 0 aromatic heterocycles. The zero-order chi connectivity index (χ0) is 27.6. The molecule has 3 heteroatoms. The van der Waals surface area contributed by atoms with Crippen LogP contribution >= 0.6 is 0 Å². The highest BCUT2D eigenvalue weighted by molar-refractivity contribution is 5.86. The molecule has 0 heterocycles. The first kappa shape index (κ1) is 28.5. The summed E-state index contributed by atoms with van der Waals surface area (Å²) < 4.78 is 15.2. The van der Waals surface area contributed by atoms with E-state index in [1.807, 2.05) is 36.4 Å². The number of unbranched alkanes of at least 4 members (excludes halogenated alkanes) is 2. The maximum absolute atomic E-state index is 15.2. The number of allylic oxidation sites excluding steroid dienone is 2. The fraction of sp³-hybridized carbons (Fsp3) is 0.361. The molecule has 1 aliphatic carbocycles. The molecule has 1 atom stereocenters. The molecule has 39 heavy (non-hydrogen) atoms. The van der Waals surface area contributed by atoms with Crippen molar-refractivity contribution in [2.75, 3.05) is 13.6 Å². The zero-order valence-electron chi connectivity index (χ0n) is 23.6. The first-order valence-corrected chi connectivity index (χ1v) is 14.5. The van der Waals surface area contributed by atoms with Crippen LogP contribution in [0.5, 0.6) is 0 Å². The number of carbonyl (C=O) groups is 1. The molecule has 0 radical (unpaired) electrons. The van der Waals surface area contributed by atoms with Crippen molar-refractivity contribution in [2.24, 2.45) is 5.92 Å². The molecule has 1 amide bonds. The molecule has 3 aromatic carbocycles. The van der Waals surface area contributed by atoms with Crippen molar-refractivity contribution in [3.8, 4) is 22.3 Å². The molecule has 0 saturated heterocycles. The smallest absolute Gasteiger partial charge is 0.245 e. The highest BCUT2D eigenvalue weighted by Crippen LogP contribution is 2.34. The molecule has 0 spiro atoms. The first-order valence-electron chi connectivity index (χ1n) is 14.5. The van der Waals surface area contributed by atoms with Gasteiger partial charge in [-0.05, 0) is 83.6 Å². The van der Waals surface area contributed by atoms with Crippen molar-refractivity contribution in [3.05, 3.63) is 102 Å². The van der Waals surface area contributed by atoms with Crippen LogP contribution in [-0.4, -0.2) is 24.4 Å². The van der Waals surface area contributed by atoms with E-state index in [4.69, 9.17) is 0 Å². The van der Waals surface area contributed by atoms with E-state index >= 15 is 4.39 Å². The summed E-state index contributed by atoms with van der Waals surface area (Å²) in [5.41, 5.74) is 7.33. The van der Waals surface area contributed by atoms with Gasteiger partial charge in [0.2, 0.25) is 5.91 Å². The first-order chi connectivity index (χ1) is 19.0. The molecular weight excluding hydrogens is 481 g/mol. The highest BCUT2D eigenvalue weighted by Gasteiger charge is 2.15. The third-order valence-electron chi connectivity index (χ3n) is 8.07. The summed E-state index contributed by atoms with van der Waals surface area (Å²) in [7, 11) is 1.78. The molecular formula is C36H42FNO. The van der Waals surface area contributed by atoms with Gasteiger partial charge in [0, 0.05) is 19.2 Å². The van der Waals surface area contributed by atoms with Crippen LogP contribution in [0.1, 0.15) is 69.4 Å². The number of amides is 1.